The van der Waals surface area contributed by atoms with Crippen LogP contribution in [0.5, 0.6) is 5.75 Å². The molecule has 2 rings (SSSR count). The van der Waals surface area contributed by atoms with Crippen molar-refractivity contribution in [1.82, 2.24) is 4.98 Å². The number of nitrogens with zero attached hydrogens (tertiary/aromatic N) is 1. The summed E-state index contributed by atoms with van der Waals surface area (Å²) in [6.07, 6.45) is 0.274. The van der Waals surface area contributed by atoms with Crippen LogP contribution in [0.3, 0.4) is 0 Å². The number of carbonyl (C=O) groups excluding carboxylic acids is 1. The van der Waals surface area contributed by atoms with Gasteiger partial charge in [-0.05, 0) is 39.0 Å². The van der Waals surface area contributed by atoms with E-state index in [1.165, 1.54) is 11.3 Å². The van der Waals surface area contributed by atoms with Crippen molar-refractivity contribution in [2.75, 3.05) is 25.6 Å². The summed E-state index contributed by atoms with van der Waals surface area (Å²) >= 11 is 4.79. The molecule has 0 aliphatic heterocycles. The Hall–Kier alpha value is -1.64. The number of rotatable bonds is 7. The largest absolute Gasteiger partial charge is 0.493 e. The Labute approximate surface area is 166 Å². The summed E-state index contributed by atoms with van der Waals surface area (Å²) in [6.45, 7) is 6.63. The highest BCUT2D eigenvalue weighted by Crippen LogP contribution is 2.34. The number of anilines is 1. The Kier molecular flexibility index (Phi) is 7.43. The van der Waals surface area contributed by atoms with Crippen LogP contribution >= 0.6 is 27.3 Å². The topological polar surface area (TPSA) is 69.7 Å². The van der Waals surface area contributed by atoms with E-state index >= 15 is 0 Å². The molecule has 0 fully saturated rings. The van der Waals surface area contributed by atoms with Crippen molar-refractivity contribution in [3.05, 3.63) is 28.1 Å². The molecule has 1 aromatic carbocycles. The smallest absolute Gasteiger partial charge is 0.413 e. The predicted octanol–water partition coefficient (Wildman–Crippen LogP) is 5.33. The average molecular weight is 443 g/mol. The first kappa shape index (κ1) is 20.7. The lowest BCUT2D eigenvalue weighted by molar-refractivity contribution is 0.0636. The van der Waals surface area contributed by atoms with Gasteiger partial charge in [0.25, 0.3) is 0 Å². The van der Waals surface area contributed by atoms with Crippen molar-refractivity contribution < 1.29 is 19.0 Å². The molecule has 0 saturated heterocycles. The first-order valence-electron chi connectivity index (χ1n) is 8.15. The zero-order valence-electron chi connectivity index (χ0n) is 15.3. The van der Waals surface area contributed by atoms with Gasteiger partial charge < -0.3 is 14.2 Å². The summed E-state index contributed by atoms with van der Waals surface area (Å²) in [5.41, 5.74) is 1.04. The minimum absolute atomic E-state index is 0.475. The van der Waals surface area contributed by atoms with E-state index in [1.807, 2.05) is 44.4 Å². The Bertz CT molecular complexity index is 743. The average Bonchev–Trinajstić information content (AvgIpc) is 2.98. The van der Waals surface area contributed by atoms with Crippen molar-refractivity contribution in [3.8, 4) is 17.0 Å². The van der Waals surface area contributed by atoms with Crippen LogP contribution in [0.15, 0.2) is 28.1 Å². The van der Waals surface area contributed by atoms with E-state index in [1.54, 1.807) is 7.11 Å². The molecule has 142 valence electrons. The number of benzene rings is 1. The van der Waals surface area contributed by atoms with E-state index in [4.69, 9.17) is 14.2 Å². The van der Waals surface area contributed by atoms with Crippen molar-refractivity contribution in [1.29, 1.82) is 0 Å². The number of ether oxygens (including phenoxy) is 3. The Morgan fingerprint density at radius 3 is 2.77 bits per heavy atom. The molecule has 0 radical (unpaired) electrons. The summed E-state index contributed by atoms with van der Waals surface area (Å²) in [7, 11) is 1.67. The van der Waals surface area contributed by atoms with Gasteiger partial charge in [0.15, 0.2) is 5.13 Å². The Morgan fingerprint density at radius 2 is 2.08 bits per heavy atom. The van der Waals surface area contributed by atoms with E-state index in [2.05, 4.69) is 26.2 Å². The number of carbonyl (C=O) groups is 1. The van der Waals surface area contributed by atoms with Crippen molar-refractivity contribution in [2.45, 2.75) is 32.8 Å². The molecule has 2 aromatic rings. The second kappa shape index (κ2) is 9.34. The van der Waals surface area contributed by atoms with Gasteiger partial charge in [-0.3, -0.25) is 5.32 Å². The third-order valence-electron chi connectivity index (χ3n) is 3.08. The van der Waals surface area contributed by atoms with Gasteiger partial charge >= 0.3 is 6.09 Å². The molecule has 1 amide bonds. The van der Waals surface area contributed by atoms with Crippen molar-refractivity contribution in [2.24, 2.45) is 0 Å². The van der Waals surface area contributed by atoms with E-state index in [9.17, 15) is 4.79 Å². The van der Waals surface area contributed by atoms with Crippen LogP contribution in [0, 0.1) is 0 Å². The Balaban J connectivity index is 2.11. The quantitative estimate of drug-likeness (QED) is 0.586. The number of aromatic nitrogens is 1. The summed E-state index contributed by atoms with van der Waals surface area (Å²) in [6, 6.07) is 5.77. The standard InChI is InChI=1S/C18H23BrN2O4S/c1-18(2,3)25-17(22)21-16-20-14(11-26-16)13-7-6-12(19)10-15(13)24-9-5-8-23-4/h6-7,10-11H,5,8-9H2,1-4H3,(H,20,21,22). The third kappa shape index (κ3) is 6.59. The molecular weight excluding hydrogens is 420 g/mol. The van der Waals surface area contributed by atoms with Crippen LogP contribution < -0.4 is 10.1 Å². The van der Waals surface area contributed by atoms with Crippen LogP contribution in [0.2, 0.25) is 0 Å². The molecular formula is C18H23BrN2O4S. The summed E-state index contributed by atoms with van der Waals surface area (Å²) in [5.74, 6) is 0.726. The maximum absolute atomic E-state index is 11.9. The normalized spacial score (nSPS) is 11.3. The maximum Gasteiger partial charge on any atom is 0.413 e. The number of methoxy groups -OCH3 is 1. The van der Waals surface area contributed by atoms with E-state index in [0.717, 1.165) is 27.9 Å². The van der Waals surface area contributed by atoms with Gasteiger partial charge in [-0.1, -0.05) is 15.9 Å². The number of thiazole rings is 1. The molecule has 0 aliphatic carbocycles. The van der Waals surface area contributed by atoms with E-state index < -0.39 is 11.7 Å². The van der Waals surface area contributed by atoms with Crippen LogP contribution in [0.4, 0.5) is 9.93 Å². The van der Waals surface area contributed by atoms with Gasteiger partial charge in [0.05, 0.1) is 12.3 Å². The van der Waals surface area contributed by atoms with Gasteiger partial charge in [0, 0.05) is 35.6 Å². The number of amides is 1. The lowest BCUT2D eigenvalue weighted by atomic mass is 10.1. The fraction of sp³-hybridized carbons (Fsp3) is 0.444. The zero-order valence-corrected chi connectivity index (χ0v) is 17.7. The molecule has 0 atom stereocenters. The molecule has 0 spiro atoms. The van der Waals surface area contributed by atoms with Gasteiger partial charge in [0.2, 0.25) is 0 Å². The number of hydrogen-bond acceptors (Lipinski definition) is 6. The molecule has 0 unspecified atom stereocenters. The first-order chi connectivity index (χ1) is 12.3. The highest BCUT2D eigenvalue weighted by atomic mass is 79.9. The number of hydrogen-bond donors (Lipinski definition) is 1. The molecule has 0 bridgehead atoms. The van der Waals surface area contributed by atoms with E-state index in [-0.39, 0.29) is 0 Å². The minimum atomic E-state index is -0.556. The van der Waals surface area contributed by atoms with Crippen LogP contribution in [0.25, 0.3) is 11.3 Å². The van der Waals surface area contributed by atoms with Crippen LogP contribution in [-0.4, -0.2) is 37.0 Å². The lowest BCUT2D eigenvalue weighted by Gasteiger charge is -2.18. The number of halogens is 1. The monoisotopic (exact) mass is 442 g/mol. The molecule has 0 aliphatic rings. The fourth-order valence-electron chi connectivity index (χ4n) is 2.06. The van der Waals surface area contributed by atoms with Crippen LogP contribution in [0.1, 0.15) is 27.2 Å². The molecule has 26 heavy (non-hydrogen) atoms. The predicted molar refractivity (Wildman–Crippen MR) is 107 cm³/mol. The number of nitrogens with one attached hydrogen (secondary N) is 1. The van der Waals surface area contributed by atoms with Crippen LogP contribution in [-0.2, 0) is 9.47 Å². The minimum Gasteiger partial charge on any atom is -0.493 e. The summed E-state index contributed by atoms with van der Waals surface area (Å²) in [4.78, 5) is 16.4. The lowest BCUT2D eigenvalue weighted by Crippen LogP contribution is -2.27. The molecule has 0 saturated carbocycles. The molecule has 1 heterocycles. The van der Waals surface area contributed by atoms with E-state index in [0.29, 0.717) is 18.3 Å². The second-order valence-corrected chi connectivity index (χ2v) is 8.27. The third-order valence-corrected chi connectivity index (χ3v) is 4.33. The fourth-order valence-corrected chi connectivity index (χ4v) is 3.09. The molecule has 1 aromatic heterocycles. The van der Waals surface area contributed by atoms with Crippen molar-refractivity contribution >= 4 is 38.5 Å². The summed E-state index contributed by atoms with van der Waals surface area (Å²) in [5, 5.41) is 5.01. The van der Waals surface area contributed by atoms with Gasteiger partial charge in [-0.2, -0.15) is 0 Å². The highest BCUT2D eigenvalue weighted by molar-refractivity contribution is 9.10. The van der Waals surface area contributed by atoms with Gasteiger partial charge in [0.1, 0.15) is 11.4 Å². The summed E-state index contributed by atoms with van der Waals surface area (Å²) < 4.78 is 17.1. The van der Waals surface area contributed by atoms with Gasteiger partial charge in [-0.25, -0.2) is 9.78 Å². The molecule has 6 nitrogen and oxygen atoms in total. The van der Waals surface area contributed by atoms with Crippen molar-refractivity contribution in [3.63, 3.8) is 0 Å². The maximum atomic E-state index is 11.9. The SMILES string of the molecule is COCCCOc1cc(Br)ccc1-c1csc(NC(=O)OC(C)(C)C)n1. The molecule has 8 heteroatoms. The zero-order chi connectivity index (χ0) is 19.2. The highest BCUT2D eigenvalue weighted by Gasteiger charge is 2.18. The first-order valence-corrected chi connectivity index (χ1v) is 9.83. The second-order valence-electron chi connectivity index (χ2n) is 6.50. The Morgan fingerprint density at radius 1 is 1.31 bits per heavy atom. The van der Waals surface area contributed by atoms with Gasteiger partial charge in [-0.15, -0.1) is 11.3 Å². The molecule has 1 N–H and O–H groups in total.